The average molecular weight is 727 g/mol. The van der Waals surface area contributed by atoms with E-state index < -0.39 is 0 Å². The molecule has 0 aliphatic heterocycles. The van der Waals surface area contributed by atoms with Gasteiger partial charge in [-0.2, -0.15) is 0 Å². The highest BCUT2D eigenvalue weighted by molar-refractivity contribution is 6.20. The van der Waals surface area contributed by atoms with Crippen molar-refractivity contribution in [3.05, 3.63) is 206 Å². The van der Waals surface area contributed by atoms with Gasteiger partial charge in [0.1, 0.15) is 11.6 Å². The number of hydrogen-bond donors (Lipinski definition) is 0. The van der Waals surface area contributed by atoms with Gasteiger partial charge in [-0.05, 0) is 95.1 Å². The lowest BCUT2D eigenvalue weighted by Gasteiger charge is -2.12. The van der Waals surface area contributed by atoms with Crippen molar-refractivity contribution in [1.29, 1.82) is 0 Å². The summed E-state index contributed by atoms with van der Waals surface area (Å²) in [6, 6.07) is 74.3. The van der Waals surface area contributed by atoms with Crippen LogP contribution >= 0.6 is 0 Å². The zero-order chi connectivity index (χ0) is 37.5. The molecule has 266 valence electrons. The van der Waals surface area contributed by atoms with Crippen LogP contribution in [0.15, 0.2) is 206 Å². The number of fused-ring (bicyclic) bond motifs is 9. The predicted molar refractivity (Wildman–Crippen MR) is 238 cm³/mol. The average Bonchev–Trinajstić information content (AvgIpc) is 3.91. The van der Waals surface area contributed by atoms with Crippen LogP contribution in [0, 0.1) is 0 Å². The lowest BCUT2D eigenvalue weighted by Crippen LogP contribution is -2.03. The molecule has 0 fully saturated rings. The highest BCUT2D eigenvalue weighted by atomic mass is 15.1. The minimum Gasteiger partial charge on any atom is -0.309 e. The third kappa shape index (κ3) is 4.84. The maximum absolute atomic E-state index is 5.51. The van der Waals surface area contributed by atoms with Crippen molar-refractivity contribution < 1.29 is 0 Å². The summed E-state index contributed by atoms with van der Waals surface area (Å²) in [5.74, 6) is 1.75. The zero-order valence-corrected chi connectivity index (χ0v) is 30.9. The lowest BCUT2D eigenvalue weighted by molar-refractivity contribution is 1.01. The summed E-state index contributed by atoms with van der Waals surface area (Å²) in [5, 5.41) is 7.27. The van der Waals surface area contributed by atoms with Gasteiger partial charge in [-0.1, -0.05) is 133 Å². The molecule has 0 atom stereocenters. The van der Waals surface area contributed by atoms with Crippen molar-refractivity contribution >= 4 is 65.4 Å². The summed E-state index contributed by atoms with van der Waals surface area (Å²) in [6.45, 7) is 0. The number of pyridine rings is 1. The molecule has 12 aromatic rings. The molecule has 8 aromatic carbocycles. The molecule has 57 heavy (non-hydrogen) atoms. The molecule has 0 aliphatic rings. The van der Waals surface area contributed by atoms with E-state index in [0.717, 1.165) is 44.9 Å². The van der Waals surface area contributed by atoms with Crippen molar-refractivity contribution in [2.45, 2.75) is 0 Å². The normalized spacial score (nSPS) is 11.9. The largest absolute Gasteiger partial charge is 0.309 e. The van der Waals surface area contributed by atoms with Gasteiger partial charge in [0.05, 0.1) is 33.1 Å². The van der Waals surface area contributed by atoms with Crippen LogP contribution in [0.3, 0.4) is 0 Å². The molecule has 4 nitrogen and oxygen atoms in total. The topological polar surface area (TPSA) is 27.7 Å². The van der Waals surface area contributed by atoms with Crippen molar-refractivity contribution in [3.8, 4) is 39.6 Å². The fourth-order valence-corrected chi connectivity index (χ4v) is 9.08. The Hall–Kier alpha value is -7.69. The van der Waals surface area contributed by atoms with Crippen LogP contribution in [0.4, 0.5) is 0 Å². The van der Waals surface area contributed by atoms with E-state index >= 15 is 0 Å². The van der Waals surface area contributed by atoms with Gasteiger partial charge in [0.2, 0.25) is 0 Å². The Bertz CT molecular complexity index is 3450. The van der Waals surface area contributed by atoms with Gasteiger partial charge in [0.25, 0.3) is 0 Å². The number of rotatable bonds is 5. The Labute approximate surface area is 328 Å². The molecule has 12 rings (SSSR count). The minimum atomic E-state index is 0.870. The van der Waals surface area contributed by atoms with Gasteiger partial charge in [-0.25, -0.2) is 4.98 Å². The van der Waals surface area contributed by atoms with E-state index in [0.29, 0.717) is 0 Å². The Morgan fingerprint density at radius 3 is 1.23 bits per heavy atom. The summed E-state index contributed by atoms with van der Waals surface area (Å²) in [5.41, 5.74) is 12.8. The van der Waals surface area contributed by atoms with E-state index in [9.17, 15) is 0 Å². The number of aromatic nitrogens is 4. The summed E-state index contributed by atoms with van der Waals surface area (Å²) in [6.07, 6.45) is 0. The number of hydrogen-bond acceptors (Lipinski definition) is 1. The van der Waals surface area contributed by atoms with E-state index in [1.807, 2.05) is 0 Å². The van der Waals surface area contributed by atoms with Gasteiger partial charge < -0.3 is 4.57 Å². The molecule has 4 aromatic heterocycles. The van der Waals surface area contributed by atoms with Crippen LogP contribution in [0.1, 0.15) is 0 Å². The van der Waals surface area contributed by atoms with E-state index in [2.05, 4.69) is 220 Å². The first-order valence-electron chi connectivity index (χ1n) is 19.5. The van der Waals surface area contributed by atoms with Crippen LogP contribution in [-0.2, 0) is 0 Å². The molecule has 0 aliphatic carbocycles. The smallest absolute Gasteiger partial charge is 0.140 e. The second kappa shape index (κ2) is 12.4. The minimum absolute atomic E-state index is 0.870. The highest BCUT2D eigenvalue weighted by Gasteiger charge is 2.21. The SMILES string of the molecule is c1ccc(-c2ccc3c(c2)c2cc4c5cc(-c6ccccc6)ccc5n(-c5cccc(-n6c7ccccc7c7ccccc76)n5)c4cc2n3-c2ccccc2)cc1. The van der Waals surface area contributed by atoms with Crippen LogP contribution in [0.5, 0.6) is 0 Å². The first-order chi connectivity index (χ1) is 28.3. The molecule has 0 saturated heterocycles. The number of nitrogens with zero attached hydrogens (tertiary/aromatic N) is 4. The van der Waals surface area contributed by atoms with Crippen molar-refractivity contribution in [1.82, 2.24) is 18.7 Å². The Balaban J connectivity index is 1.18. The van der Waals surface area contributed by atoms with Gasteiger partial charge in [-0.15, -0.1) is 0 Å². The van der Waals surface area contributed by atoms with E-state index in [1.165, 1.54) is 60.1 Å². The van der Waals surface area contributed by atoms with Gasteiger partial charge >= 0.3 is 0 Å². The van der Waals surface area contributed by atoms with Crippen LogP contribution in [0.2, 0.25) is 0 Å². The first-order valence-corrected chi connectivity index (χ1v) is 19.5. The van der Waals surface area contributed by atoms with Crippen LogP contribution < -0.4 is 0 Å². The molecule has 4 heterocycles. The maximum Gasteiger partial charge on any atom is 0.140 e. The molecule has 0 amide bonds. The molecule has 4 heteroatoms. The third-order valence-corrected chi connectivity index (χ3v) is 11.6. The van der Waals surface area contributed by atoms with E-state index in [1.54, 1.807) is 0 Å². The summed E-state index contributed by atoms with van der Waals surface area (Å²) in [4.78, 5) is 5.51. The molecule has 0 spiro atoms. The van der Waals surface area contributed by atoms with Gasteiger partial charge in [0.15, 0.2) is 0 Å². The summed E-state index contributed by atoms with van der Waals surface area (Å²) < 4.78 is 7.07. The zero-order valence-electron chi connectivity index (χ0n) is 30.9. The molecule has 0 bridgehead atoms. The summed E-state index contributed by atoms with van der Waals surface area (Å²) >= 11 is 0. The van der Waals surface area contributed by atoms with E-state index in [-0.39, 0.29) is 0 Å². The molecular weight excluding hydrogens is 693 g/mol. The monoisotopic (exact) mass is 726 g/mol. The van der Waals surface area contributed by atoms with Crippen LogP contribution in [0.25, 0.3) is 105 Å². The molecule has 0 saturated carbocycles. The molecule has 0 N–H and O–H groups in total. The fraction of sp³-hybridized carbons (Fsp3) is 0. The Kier molecular flexibility index (Phi) is 6.89. The number of benzene rings is 8. The maximum atomic E-state index is 5.51. The Morgan fingerprint density at radius 2 is 0.667 bits per heavy atom. The highest BCUT2D eigenvalue weighted by Crippen LogP contribution is 2.42. The Morgan fingerprint density at radius 1 is 0.246 bits per heavy atom. The summed E-state index contributed by atoms with van der Waals surface area (Å²) in [7, 11) is 0. The predicted octanol–water partition coefficient (Wildman–Crippen LogP) is 13.7. The van der Waals surface area contributed by atoms with Crippen molar-refractivity contribution in [3.63, 3.8) is 0 Å². The van der Waals surface area contributed by atoms with Gasteiger partial charge in [-0.3, -0.25) is 9.13 Å². The number of para-hydroxylation sites is 3. The molecule has 0 unspecified atom stereocenters. The second-order valence-corrected chi connectivity index (χ2v) is 14.8. The third-order valence-electron chi connectivity index (χ3n) is 11.6. The molecular formula is C53H34N4. The van der Waals surface area contributed by atoms with Crippen LogP contribution in [-0.4, -0.2) is 18.7 Å². The fourth-order valence-electron chi connectivity index (χ4n) is 9.08. The van der Waals surface area contributed by atoms with Crippen molar-refractivity contribution in [2.75, 3.05) is 0 Å². The van der Waals surface area contributed by atoms with Crippen molar-refractivity contribution in [2.24, 2.45) is 0 Å². The first kappa shape index (κ1) is 31.6. The van der Waals surface area contributed by atoms with E-state index in [4.69, 9.17) is 4.98 Å². The lowest BCUT2D eigenvalue weighted by atomic mass is 10.0. The standard InChI is InChI=1S/C53H34N4/c1-4-15-35(16-5-1)37-27-29-48-42(31-37)44-33-45-43-32-38(36-17-6-2-7-18-36)28-30-49(43)57(51(45)34-50(44)55(48)39-19-8-3-9-20-39)53-26-14-25-52(54-53)56-46-23-12-10-21-40(46)41-22-11-13-24-47(41)56/h1-34H. The quantitative estimate of drug-likeness (QED) is 0.174. The van der Waals surface area contributed by atoms with Gasteiger partial charge in [0, 0.05) is 38.0 Å². The second-order valence-electron chi connectivity index (χ2n) is 14.8. The molecule has 0 radical (unpaired) electrons.